The zero-order valence-electron chi connectivity index (χ0n) is 13.6. The number of carbonyl (C=O) groups is 1. The number of thioether (sulfide) groups is 1. The van der Waals surface area contributed by atoms with Crippen LogP contribution >= 0.6 is 11.8 Å². The molecule has 2 rings (SSSR count). The molecule has 0 aliphatic heterocycles. The van der Waals surface area contributed by atoms with Gasteiger partial charge < -0.3 is 15.2 Å². The summed E-state index contributed by atoms with van der Waals surface area (Å²) in [5.41, 5.74) is 6.40. The van der Waals surface area contributed by atoms with Crippen molar-refractivity contribution < 1.29 is 14.3 Å². The highest BCUT2D eigenvalue weighted by atomic mass is 32.2. The average Bonchev–Trinajstić information content (AvgIpc) is 2.65. The fourth-order valence-electron chi connectivity index (χ4n) is 2.03. The van der Waals surface area contributed by atoms with Gasteiger partial charge in [0.25, 0.3) is 0 Å². The Morgan fingerprint density at radius 3 is 2.52 bits per heavy atom. The fraction of sp³-hybridized carbons (Fsp3) is 0.176. The Morgan fingerprint density at radius 2 is 1.92 bits per heavy atom. The highest BCUT2D eigenvalue weighted by Crippen LogP contribution is 2.28. The summed E-state index contributed by atoms with van der Waals surface area (Å²) in [6.45, 7) is 0. The van der Waals surface area contributed by atoms with E-state index in [0.717, 1.165) is 11.8 Å². The minimum Gasteiger partial charge on any atom is -0.497 e. The molecule has 0 radical (unpaired) electrons. The first kappa shape index (κ1) is 18.1. The summed E-state index contributed by atoms with van der Waals surface area (Å²) >= 11 is 1.08. The molecular formula is C17H14N4O3S. The second-order valence-corrected chi connectivity index (χ2v) is 5.74. The Hall–Kier alpha value is -3.23. The number of rotatable bonds is 6. The molecule has 2 aromatic rings. The van der Waals surface area contributed by atoms with Crippen molar-refractivity contribution in [1.82, 2.24) is 4.98 Å². The van der Waals surface area contributed by atoms with E-state index in [1.165, 1.54) is 20.3 Å². The van der Waals surface area contributed by atoms with Crippen LogP contribution in [0.3, 0.4) is 0 Å². The first-order chi connectivity index (χ1) is 12.0. The average molecular weight is 354 g/mol. The normalized spacial score (nSPS) is 9.76. The van der Waals surface area contributed by atoms with E-state index in [2.05, 4.69) is 4.98 Å². The number of hydrogen-bond acceptors (Lipinski definition) is 8. The lowest BCUT2D eigenvalue weighted by Gasteiger charge is -2.10. The molecule has 0 atom stereocenters. The quantitative estimate of drug-likeness (QED) is 0.620. The van der Waals surface area contributed by atoms with E-state index in [1.807, 2.05) is 12.1 Å². The number of pyridine rings is 1. The van der Waals surface area contributed by atoms with Crippen molar-refractivity contribution in [1.29, 1.82) is 10.5 Å². The fourth-order valence-corrected chi connectivity index (χ4v) is 2.88. The summed E-state index contributed by atoms with van der Waals surface area (Å²) in [7, 11) is 2.99. The van der Waals surface area contributed by atoms with Gasteiger partial charge in [-0.3, -0.25) is 4.79 Å². The van der Waals surface area contributed by atoms with Crippen LogP contribution in [-0.2, 0) is 0 Å². The van der Waals surface area contributed by atoms with Gasteiger partial charge >= 0.3 is 0 Å². The van der Waals surface area contributed by atoms with Gasteiger partial charge in [0.15, 0.2) is 5.78 Å². The number of nitriles is 2. The lowest BCUT2D eigenvalue weighted by Crippen LogP contribution is -2.06. The molecule has 0 aliphatic rings. The summed E-state index contributed by atoms with van der Waals surface area (Å²) in [6, 6.07) is 10.1. The third kappa shape index (κ3) is 4.00. The molecule has 25 heavy (non-hydrogen) atoms. The zero-order valence-corrected chi connectivity index (χ0v) is 14.4. The van der Waals surface area contributed by atoms with Gasteiger partial charge in [0.2, 0.25) is 0 Å². The molecule has 1 aromatic carbocycles. The van der Waals surface area contributed by atoms with E-state index >= 15 is 0 Å². The summed E-state index contributed by atoms with van der Waals surface area (Å²) in [5, 5.41) is 18.4. The molecule has 0 aliphatic carbocycles. The largest absolute Gasteiger partial charge is 0.497 e. The number of nitrogen functional groups attached to an aromatic ring is 1. The predicted molar refractivity (Wildman–Crippen MR) is 92.7 cm³/mol. The number of aromatic nitrogens is 1. The first-order valence-corrected chi connectivity index (χ1v) is 8.01. The van der Waals surface area contributed by atoms with E-state index in [1.54, 1.807) is 18.2 Å². The summed E-state index contributed by atoms with van der Waals surface area (Å²) in [5.74, 6) is 0.846. The minimum absolute atomic E-state index is 0.0264. The Morgan fingerprint density at radius 1 is 1.20 bits per heavy atom. The molecule has 0 amide bonds. The van der Waals surface area contributed by atoms with Gasteiger partial charge in [0.05, 0.1) is 36.7 Å². The Balaban J connectivity index is 2.22. The predicted octanol–water partition coefficient (Wildman–Crippen LogP) is 2.40. The third-order valence-corrected chi connectivity index (χ3v) is 4.30. The van der Waals surface area contributed by atoms with Gasteiger partial charge in [-0.2, -0.15) is 10.5 Å². The van der Waals surface area contributed by atoms with E-state index in [4.69, 9.17) is 20.5 Å². The molecule has 0 unspecified atom stereocenters. The second-order valence-electron chi connectivity index (χ2n) is 4.78. The van der Waals surface area contributed by atoms with Crippen molar-refractivity contribution in [2.24, 2.45) is 0 Å². The Bertz CT molecular complexity index is 900. The van der Waals surface area contributed by atoms with Crippen molar-refractivity contribution in [2.75, 3.05) is 25.7 Å². The number of methoxy groups -OCH3 is 2. The number of anilines is 1. The maximum absolute atomic E-state index is 12.5. The van der Waals surface area contributed by atoms with Gasteiger partial charge in [0.1, 0.15) is 34.5 Å². The van der Waals surface area contributed by atoms with Crippen LogP contribution in [0.4, 0.5) is 5.82 Å². The second kappa shape index (κ2) is 8.04. The van der Waals surface area contributed by atoms with Crippen molar-refractivity contribution >= 4 is 23.4 Å². The molecular weight excluding hydrogens is 340 g/mol. The molecule has 7 nitrogen and oxygen atoms in total. The number of carbonyl (C=O) groups excluding carboxylic acids is 1. The van der Waals surface area contributed by atoms with Crippen LogP contribution in [0.5, 0.6) is 11.5 Å². The van der Waals surface area contributed by atoms with Crippen molar-refractivity contribution in [2.45, 2.75) is 5.03 Å². The highest BCUT2D eigenvalue weighted by molar-refractivity contribution is 8.00. The SMILES string of the molecule is COc1ccc(C(=O)CSc2nc(N)c(C#N)cc2C#N)c(OC)c1. The highest BCUT2D eigenvalue weighted by Gasteiger charge is 2.16. The maximum Gasteiger partial charge on any atom is 0.176 e. The van der Waals surface area contributed by atoms with Crippen LogP contribution in [-0.4, -0.2) is 30.7 Å². The molecule has 0 bridgehead atoms. The smallest absolute Gasteiger partial charge is 0.176 e. The van der Waals surface area contributed by atoms with E-state index in [0.29, 0.717) is 22.1 Å². The number of benzene rings is 1. The lowest BCUT2D eigenvalue weighted by atomic mass is 10.1. The van der Waals surface area contributed by atoms with Gasteiger partial charge in [-0.15, -0.1) is 0 Å². The summed E-state index contributed by atoms with van der Waals surface area (Å²) < 4.78 is 10.3. The summed E-state index contributed by atoms with van der Waals surface area (Å²) in [6.07, 6.45) is 0. The molecule has 2 N–H and O–H groups in total. The van der Waals surface area contributed by atoms with E-state index in [9.17, 15) is 10.1 Å². The van der Waals surface area contributed by atoms with E-state index < -0.39 is 0 Å². The van der Waals surface area contributed by atoms with Crippen LogP contribution in [0.2, 0.25) is 0 Å². The maximum atomic E-state index is 12.5. The first-order valence-electron chi connectivity index (χ1n) is 7.02. The van der Waals surface area contributed by atoms with Gasteiger partial charge in [-0.25, -0.2) is 4.98 Å². The van der Waals surface area contributed by atoms with Gasteiger partial charge in [-0.05, 0) is 18.2 Å². The Labute approximate surface area is 149 Å². The number of Topliss-reactive ketones (excluding diaryl/α,β-unsaturated/α-hetero) is 1. The molecule has 0 saturated carbocycles. The number of hydrogen-bond donors (Lipinski definition) is 1. The topological polar surface area (TPSA) is 122 Å². The van der Waals surface area contributed by atoms with Crippen LogP contribution in [0.15, 0.2) is 29.3 Å². The van der Waals surface area contributed by atoms with Crippen molar-refractivity contribution in [3.05, 3.63) is 41.0 Å². The minimum atomic E-state index is -0.196. The molecule has 1 heterocycles. The molecule has 0 spiro atoms. The standard InChI is InChI=1S/C17H14N4O3S/c1-23-12-3-4-13(15(6-12)24-2)14(22)9-25-17-11(8-19)5-10(7-18)16(20)21-17/h3-6H,9H2,1-2H3,(H2,20,21). The number of nitrogens with zero attached hydrogens (tertiary/aromatic N) is 3. The monoisotopic (exact) mass is 354 g/mol. The van der Waals surface area contributed by atoms with Gasteiger partial charge in [-0.1, -0.05) is 11.8 Å². The van der Waals surface area contributed by atoms with E-state index in [-0.39, 0.29) is 28.5 Å². The number of ether oxygens (including phenoxy) is 2. The van der Waals surface area contributed by atoms with Crippen LogP contribution in [0, 0.1) is 22.7 Å². The van der Waals surface area contributed by atoms with Crippen LogP contribution < -0.4 is 15.2 Å². The van der Waals surface area contributed by atoms with Crippen molar-refractivity contribution in [3.8, 4) is 23.6 Å². The zero-order chi connectivity index (χ0) is 18.4. The van der Waals surface area contributed by atoms with Crippen LogP contribution in [0.1, 0.15) is 21.5 Å². The lowest BCUT2D eigenvalue weighted by molar-refractivity contribution is 0.101. The van der Waals surface area contributed by atoms with Crippen molar-refractivity contribution in [3.63, 3.8) is 0 Å². The van der Waals surface area contributed by atoms with Gasteiger partial charge in [0, 0.05) is 6.07 Å². The molecule has 1 aromatic heterocycles. The van der Waals surface area contributed by atoms with Crippen LogP contribution in [0.25, 0.3) is 0 Å². The summed E-state index contributed by atoms with van der Waals surface area (Å²) in [4.78, 5) is 16.5. The molecule has 0 fully saturated rings. The molecule has 126 valence electrons. The third-order valence-electron chi connectivity index (χ3n) is 3.31. The number of ketones is 1. The Kier molecular flexibility index (Phi) is 5.83. The molecule has 8 heteroatoms. The number of nitrogens with two attached hydrogens (primary N) is 1. The molecule has 0 saturated heterocycles.